The van der Waals surface area contributed by atoms with Gasteiger partial charge in [0.25, 0.3) is 0 Å². The van der Waals surface area contributed by atoms with E-state index in [1.54, 1.807) is 0 Å². The molecule has 4 nitrogen and oxygen atoms in total. The summed E-state index contributed by atoms with van der Waals surface area (Å²) in [5.41, 5.74) is 34.2. The van der Waals surface area contributed by atoms with Crippen molar-refractivity contribution in [2.24, 2.45) is 0 Å². The molecule has 0 fully saturated rings. The minimum Gasteiger partial charge on any atom is -0.309 e. The van der Waals surface area contributed by atoms with Crippen LogP contribution in [0.15, 0.2) is 413 Å². The van der Waals surface area contributed by atoms with E-state index < -0.39 is 0 Å². The Kier molecular flexibility index (Phi) is 15.3. The van der Waals surface area contributed by atoms with Crippen molar-refractivity contribution < 1.29 is 0 Å². The first kappa shape index (κ1) is 65.5. The molecule has 0 radical (unpaired) electrons. The zero-order valence-electron chi connectivity index (χ0n) is 62.5. The van der Waals surface area contributed by atoms with Gasteiger partial charge in [-0.15, -0.1) is 0 Å². The minimum atomic E-state index is -0.0650. The SMILES string of the molecule is CC1(C)c2ccccc2-c2ccc(-n3c4ccccc4c4cc(-c5ccc6c(c5)c5ccccc5n6-c5cc(-c6ccccc6)cc(-c6ccccc6)c5)ccc43)cc21.c1ccc(-c2cc(-c3ccccc3)cc(-n3c4ccccc4c4cc(-c5ccc6c(c5)c5ccccc5n6-c5ccc6ccccc6c5)ccc43)c2)cc1. The molecule has 23 rings (SSSR count). The third-order valence-electron chi connectivity index (χ3n) is 24.0. The van der Waals surface area contributed by atoms with E-state index in [2.05, 4.69) is 445 Å². The van der Waals surface area contributed by atoms with Gasteiger partial charge in [-0.05, 0) is 233 Å². The highest BCUT2D eigenvalue weighted by molar-refractivity contribution is 6.15. The Balaban J connectivity index is 0.000000139. The smallest absolute Gasteiger partial charge is 0.0541 e. The molecule has 0 N–H and O–H groups in total. The summed E-state index contributed by atoms with van der Waals surface area (Å²) in [5, 5.41) is 12.5. The fourth-order valence-electron chi connectivity index (χ4n) is 18.5. The molecule has 0 saturated carbocycles. The normalized spacial score (nSPS) is 12.4. The van der Waals surface area contributed by atoms with Crippen LogP contribution in [0.5, 0.6) is 0 Å². The van der Waals surface area contributed by atoms with E-state index in [1.807, 2.05) is 0 Å². The number of hydrogen-bond acceptors (Lipinski definition) is 0. The molecule has 1 aliphatic carbocycles. The Morgan fingerprint density at radius 1 is 0.159 bits per heavy atom. The molecule has 4 heteroatoms. The van der Waals surface area contributed by atoms with E-state index in [1.165, 1.54) is 198 Å². The van der Waals surface area contributed by atoms with Crippen LogP contribution in [0.25, 0.3) is 199 Å². The van der Waals surface area contributed by atoms with Crippen molar-refractivity contribution in [3.63, 3.8) is 0 Å². The van der Waals surface area contributed by atoms with Crippen LogP contribution < -0.4 is 0 Å². The van der Waals surface area contributed by atoms with Gasteiger partial charge in [0.15, 0.2) is 0 Å². The van der Waals surface area contributed by atoms with E-state index in [-0.39, 0.29) is 5.41 Å². The largest absolute Gasteiger partial charge is 0.309 e. The molecule has 0 amide bonds. The summed E-state index contributed by atoms with van der Waals surface area (Å²) in [6, 6.07) is 151. The zero-order valence-corrected chi connectivity index (χ0v) is 62.5. The third kappa shape index (κ3) is 10.9. The predicted octanol–water partition coefficient (Wildman–Crippen LogP) is 29.2. The molecular weight excluding hydrogens is 1370 g/mol. The van der Waals surface area contributed by atoms with Gasteiger partial charge < -0.3 is 18.3 Å². The second-order valence-corrected chi connectivity index (χ2v) is 30.8. The Morgan fingerprint density at radius 3 is 0.841 bits per heavy atom. The van der Waals surface area contributed by atoms with Crippen LogP contribution in [-0.2, 0) is 5.41 Å². The maximum absolute atomic E-state index is 2.46. The monoisotopic (exact) mass is 1440 g/mol. The second-order valence-electron chi connectivity index (χ2n) is 30.8. The van der Waals surface area contributed by atoms with Gasteiger partial charge in [-0.3, -0.25) is 0 Å². The summed E-state index contributed by atoms with van der Waals surface area (Å²) < 4.78 is 9.75. The molecule has 530 valence electrons. The van der Waals surface area contributed by atoms with Crippen LogP contribution in [0.4, 0.5) is 0 Å². The standard InChI is InChI=1S/C57H40N2.C52H34N2/c1-57(2)51-22-12-9-19-45(51)46-28-27-43(36-52(46)57)58-53-23-13-10-20-47(53)49-34-39(25-29-55(49)58)40-26-30-56-50(35-40)48-21-11-14-24-54(48)59(56)44-32-41(37-15-5-3-6-16-37)31-42(33-44)38-17-7-4-8-18-38;1-3-13-35(14-4-1)41-29-42(36-15-5-2-6-16-36)32-44(31-41)54-50-22-12-10-20-46(50)48-34-40(25-28-52(48)54)39-24-27-51-47(33-39)45-19-9-11-21-49(45)53(51)43-26-23-37-17-7-8-18-38(37)30-43/h3-36H,1-2H3;1-34H. The summed E-state index contributed by atoms with van der Waals surface area (Å²) in [7, 11) is 0. The van der Waals surface area contributed by atoms with E-state index in [0.717, 1.165) is 11.4 Å². The Hall–Kier alpha value is -14.6. The predicted molar refractivity (Wildman–Crippen MR) is 478 cm³/mol. The highest BCUT2D eigenvalue weighted by atomic mass is 15.0. The van der Waals surface area contributed by atoms with Gasteiger partial charge in [-0.2, -0.15) is 0 Å². The number of nitrogens with zero attached hydrogens (tertiary/aromatic N) is 4. The maximum atomic E-state index is 2.46. The number of fused-ring (bicyclic) bond motifs is 16. The molecule has 0 bridgehead atoms. The summed E-state index contributed by atoms with van der Waals surface area (Å²) >= 11 is 0. The van der Waals surface area contributed by atoms with Gasteiger partial charge in [0.1, 0.15) is 0 Å². The topological polar surface area (TPSA) is 19.7 Å². The van der Waals surface area contributed by atoms with Crippen molar-refractivity contribution in [2.75, 3.05) is 0 Å². The van der Waals surface area contributed by atoms with Gasteiger partial charge in [0.05, 0.1) is 44.1 Å². The van der Waals surface area contributed by atoms with Gasteiger partial charge >= 0.3 is 0 Å². The van der Waals surface area contributed by atoms with Crippen LogP contribution in [-0.4, -0.2) is 18.3 Å². The number of aromatic nitrogens is 4. The molecule has 22 aromatic rings. The summed E-state index contributed by atoms with van der Waals surface area (Å²) in [4.78, 5) is 0. The van der Waals surface area contributed by atoms with Crippen molar-refractivity contribution in [3.05, 3.63) is 424 Å². The third-order valence-corrected chi connectivity index (χ3v) is 24.0. The molecule has 0 unspecified atom stereocenters. The lowest BCUT2D eigenvalue weighted by Gasteiger charge is -2.22. The summed E-state index contributed by atoms with van der Waals surface area (Å²) in [6.45, 7) is 4.72. The van der Waals surface area contributed by atoms with Crippen molar-refractivity contribution >= 4 is 98.0 Å². The van der Waals surface area contributed by atoms with Crippen LogP contribution in [0.1, 0.15) is 25.0 Å². The molecule has 0 aliphatic heterocycles. The molecule has 1 aliphatic rings. The first-order valence-corrected chi connectivity index (χ1v) is 39.2. The molecule has 0 atom stereocenters. The molecule has 0 saturated heterocycles. The van der Waals surface area contributed by atoms with Crippen molar-refractivity contribution in [1.82, 2.24) is 18.3 Å². The van der Waals surface area contributed by atoms with Gasteiger partial charge in [-0.25, -0.2) is 0 Å². The number of para-hydroxylation sites is 4. The van der Waals surface area contributed by atoms with Crippen molar-refractivity contribution in [1.29, 1.82) is 0 Å². The Morgan fingerprint density at radius 2 is 0.451 bits per heavy atom. The van der Waals surface area contributed by atoms with E-state index in [4.69, 9.17) is 0 Å². The van der Waals surface area contributed by atoms with Crippen LogP contribution in [0, 0.1) is 0 Å². The lowest BCUT2D eigenvalue weighted by atomic mass is 9.82. The fourth-order valence-corrected chi connectivity index (χ4v) is 18.5. The zero-order chi connectivity index (χ0) is 74.8. The first-order chi connectivity index (χ1) is 55.8. The average Bonchev–Trinajstić information content (AvgIpc) is 1.55. The fraction of sp³-hybridized carbons (Fsp3) is 0.0275. The van der Waals surface area contributed by atoms with E-state index in [9.17, 15) is 0 Å². The molecule has 18 aromatic carbocycles. The molecule has 113 heavy (non-hydrogen) atoms. The molecule has 4 heterocycles. The highest BCUT2D eigenvalue weighted by Crippen LogP contribution is 2.51. The van der Waals surface area contributed by atoms with Crippen LogP contribution >= 0.6 is 0 Å². The number of rotatable bonds is 10. The van der Waals surface area contributed by atoms with Crippen molar-refractivity contribution in [3.8, 4) is 101 Å². The van der Waals surface area contributed by atoms with Crippen molar-refractivity contribution in [2.45, 2.75) is 19.3 Å². The molecule has 4 aromatic heterocycles. The lowest BCUT2D eigenvalue weighted by Crippen LogP contribution is -2.15. The van der Waals surface area contributed by atoms with Crippen LogP contribution in [0.3, 0.4) is 0 Å². The Labute approximate surface area is 655 Å². The number of benzene rings is 18. The van der Waals surface area contributed by atoms with Gasteiger partial charge in [0, 0.05) is 71.3 Å². The minimum absolute atomic E-state index is 0.0650. The van der Waals surface area contributed by atoms with Gasteiger partial charge in [0.2, 0.25) is 0 Å². The highest BCUT2D eigenvalue weighted by Gasteiger charge is 2.36. The first-order valence-electron chi connectivity index (χ1n) is 39.2. The van der Waals surface area contributed by atoms with E-state index in [0.29, 0.717) is 0 Å². The lowest BCUT2D eigenvalue weighted by molar-refractivity contribution is 0.660. The molecule has 0 spiro atoms. The second kappa shape index (κ2) is 26.3. The van der Waals surface area contributed by atoms with Gasteiger partial charge in [-0.1, -0.05) is 293 Å². The Bertz CT molecular complexity index is 7440. The summed E-state index contributed by atoms with van der Waals surface area (Å²) in [6.07, 6.45) is 0. The quantitative estimate of drug-likeness (QED) is 0.130. The number of hydrogen-bond donors (Lipinski definition) is 0. The summed E-state index contributed by atoms with van der Waals surface area (Å²) in [5.74, 6) is 0. The molecular formula is C109H74N4. The average molecular weight is 1440 g/mol. The van der Waals surface area contributed by atoms with Crippen LogP contribution in [0.2, 0.25) is 0 Å². The van der Waals surface area contributed by atoms with E-state index >= 15 is 0 Å². The maximum Gasteiger partial charge on any atom is 0.0541 e.